The van der Waals surface area contributed by atoms with E-state index in [1.807, 2.05) is 20.8 Å². The lowest BCUT2D eigenvalue weighted by Crippen LogP contribution is -2.48. The number of nitrogens with zero attached hydrogens (tertiary/aromatic N) is 1. The van der Waals surface area contributed by atoms with Crippen LogP contribution in [0, 0.1) is 11.8 Å². The fourth-order valence-electron chi connectivity index (χ4n) is 2.51. The van der Waals surface area contributed by atoms with Gasteiger partial charge in [-0.1, -0.05) is 13.8 Å². The van der Waals surface area contributed by atoms with E-state index in [4.69, 9.17) is 9.84 Å². The van der Waals surface area contributed by atoms with E-state index < -0.39 is 11.9 Å². The van der Waals surface area contributed by atoms with Crippen molar-refractivity contribution >= 4 is 11.9 Å². The van der Waals surface area contributed by atoms with E-state index in [0.29, 0.717) is 13.2 Å². The lowest BCUT2D eigenvalue weighted by molar-refractivity contribution is -0.146. The van der Waals surface area contributed by atoms with Gasteiger partial charge in [0.25, 0.3) is 0 Å². The van der Waals surface area contributed by atoms with Crippen LogP contribution in [0.1, 0.15) is 33.6 Å². The molecule has 1 aliphatic rings. The summed E-state index contributed by atoms with van der Waals surface area (Å²) in [5.74, 6) is -1.43. The summed E-state index contributed by atoms with van der Waals surface area (Å²) in [6, 6.07) is -0.319. The number of aliphatic carboxylic acids is 1. The van der Waals surface area contributed by atoms with Gasteiger partial charge in [0, 0.05) is 12.5 Å². The first-order valence-corrected chi connectivity index (χ1v) is 6.67. The predicted molar refractivity (Wildman–Crippen MR) is 67.2 cm³/mol. The second-order valence-electron chi connectivity index (χ2n) is 4.69. The molecule has 1 rings (SSSR count). The summed E-state index contributed by atoms with van der Waals surface area (Å²) >= 11 is 0. The van der Waals surface area contributed by atoms with E-state index in [0.717, 1.165) is 12.8 Å². The third kappa shape index (κ3) is 3.02. The molecule has 0 aromatic carbocycles. The van der Waals surface area contributed by atoms with Crippen LogP contribution in [0.2, 0.25) is 0 Å². The lowest BCUT2D eigenvalue weighted by atomic mass is 9.97. The Morgan fingerprint density at radius 3 is 2.33 bits per heavy atom. The van der Waals surface area contributed by atoms with Crippen molar-refractivity contribution in [2.24, 2.45) is 11.8 Å². The maximum absolute atomic E-state index is 12.4. The van der Waals surface area contributed by atoms with Crippen LogP contribution in [-0.4, -0.2) is 47.7 Å². The molecule has 0 saturated carbocycles. The van der Waals surface area contributed by atoms with Crippen molar-refractivity contribution in [1.82, 2.24) is 4.90 Å². The number of rotatable bonds is 6. The number of ether oxygens (including phenoxy) is 1. The Balaban J connectivity index is 2.82. The van der Waals surface area contributed by atoms with E-state index in [9.17, 15) is 9.59 Å². The Morgan fingerprint density at radius 1 is 1.28 bits per heavy atom. The minimum Gasteiger partial charge on any atom is -0.481 e. The first-order valence-electron chi connectivity index (χ1n) is 6.67. The summed E-state index contributed by atoms with van der Waals surface area (Å²) in [5.41, 5.74) is 0. The monoisotopic (exact) mass is 257 g/mol. The van der Waals surface area contributed by atoms with Crippen molar-refractivity contribution in [2.45, 2.75) is 39.7 Å². The molecule has 1 amide bonds. The minimum absolute atomic E-state index is 0.0139. The number of likely N-dealkylation sites (N-methyl/N-ethyl adjacent to an activating group) is 1. The van der Waals surface area contributed by atoms with Crippen molar-refractivity contribution in [3.63, 3.8) is 0 Å². The SMILES string of the molecule is CCC(CC)C(=O)N(CC)C1COCC1C(=O)O. The summed E-state index contributed by atoms with van der Waals surface area (Å²) < 4.78 is 5.24. The fraction of sp³-hybridized carbons (Fsp3) is 0.846. The molecular formula is C13H23NO4. The molecule has 1 heterocycles. The van der Waals surface area contributed by atoms with Gasteiger partial charge in [-0.25, -0.2) is 0 Å². The van der Waals surface area contributed by atoms with E-state index in [1.54, 1.807) is 4.90 Å². The summed E-state index contributed by atoms with van der Waals surface area (Å²) in [6.45, 7) is 6.92. The zero-order valence-corrected chi connectivity index (χ0v) is 11.4. The highest BCUT2D eigenvalue weighted by Crippen LogP contribution is 2.23. The van der Waals surface area contributed by atoms with E-state index in [2.05, 4.69) is 0 Å². The van der Waals surface area contributed by atoms with Gasteiger partial charge in [0.1, 0.15) is 5.92 Å². The predicted octanol–water partition coefficient (Wildman–Crippen LogP) is 1.37. The van der Waals surface area contributed by atoms with Crippen LogP contribution >= 0.6 is 0 Å². The highest BCUT2D eigenvalue weighted by molar-refractivity contribution is 5.80. The van der Waals surface area contributed by atoms with Crippen LogP contribution in [-0.2, 0) is 14.3 Å². The van der Waals surface area contributed by atoms with Crippen LogP contribution in [0.3, 0.4) is 0 Å². The molecule has 1 saturated heterocycles. The van der Waals surface area contributed by atoms with Gasteiger partial charge >= 0.3 is 5.97 Å². The molecule has 0 aromatic heterocycles. The van der Waals surface area contributed by atoms with E-state index in [1.165, 1.54) is 0 Å². The van der Waals surface area contributed by atoms with E-state index >= 15 is 0 Å². The molecule has 2 unspecified atom stereocenters. The first-order chi connectivity index (χ1) is 8.56. The number of carbonyl (C=O) groups is 2. The zero-order chi connectivity index (χ0) is 13.7. The molecule has 0 bridgehead atoms. The average Bonchev–Trinajstić information content (AvgIpc) is 2.81. The second kappa shape index (κ2) is 6.73. The summed E-state index contributed by atoms with van der Waals surface area (Å²) in [7, 11) is 0. The number of hydrogen-bond acceptors (Lipinski definition) is 3. The van der Waals surface area contributed by atoms with Gasteiger partial charge in [0.2, 0.25) is 5.91 Å². The average molecular weight is 257 g/mol. The Hall–Kier alpha value is -1.10. The third-order valence-corrected chi connectivity index (χ3v) is 3.73. The molecule has 104 valence electrons. The molecule has 5 nitrogen and oxygen atoms in total. The fourth-order valence-corrected chi connectivity index (χ4v) is 2.51. The second-order valence-corrected chi connectivity index (χ2v) is 4.69. The standard InChI is InChI=1S/C13H23NO4/c1-4-9(5-2)12(15)14(6-3)11-8-18-7-10(11)13(16)17/h9-11H,4-8H2,1-3H3,(H,16,17). The Morgan fingerprint density at radius 2 is 1.89 bits per heavy atom. The summed E-state index contributed by atoms with van der Waals surface area (Å²) in [6.07, 6.45) is 1.58. The molecule has 0 aromatic rings. The molecule has 5 heteroatoms. The van der Waals surface area contributed by atoms with E-state index in [-0.39, 0.29) is 24.5 Å². The first kappa shape index (κ1) is 15.0. The normalized spacial score (nSPS) is 23.3. The number of carboxylic acid groups (broad SMARTS) is 1. The minimum atomic E-state index is -0.881. The zero-order valence-electron chi connectivity index (χ0n) is 11.4. The molecule has 0 radical (unpaired) electrons. The van der Waals surface area contributed by atoms with Crippen molar-refractivity contribution in [3.8, 4) is 0 Å². The molecule has 2 atom stereocenters. The third-order valence-electron chi connectivity index (χ3n) is 3.73. The lowest BCUT2D eigenvalue weighted by Gasteiger charge is -2.32. The highest BCUT2D eigenvalue weighted by Gasteiger charge is 2.40. The smallest absolute Gasteiger partial charge is 0.311 e. The Labute approximate surface area is 108 Å². The maximum Gasteiger partial charge on any atom is 0.311 e. The number of carboxylic acids is 1. The molecule has 0 aliphatic carbocycles. The quantitative estimate of drug-likeness (QED) is 0.780. The van der Waals surface area contributed by atoms with Crippen LogP contribution < -0.4 is 0 Å². The van der Waals surface area contributed by atoms with Gasteiger partial charge in [-0.15, -0.1) is 0 Å². The molecule has 0 spiro atoms. The highest BCUT2D eigenvalue weighted by atomic mass is 16.5. The van der Waals surface area contributed by atoms with Crippen molar-refractivity contribution < 1.29 is 19.4 Å². The summed E-state index contributed by atoms with van der Waals surface area (Å²) in [4.78, 5) is 25.2. The molecule has 18 heavy (non-hydrogen) atoms. The Kier molecular flexibility index (Phi) is 5.59. The largest absolute Gasteiger partial charge is 0.481 e. The molecule has 1 aliphatic heterocycles. The summed E-state index contributed by atoms with van der Waals surface area (Å²) in [5, 5.41) is 9.14. The van der Waals surface area contributed by atoms with Crippen molar-refractivity contribution in [2.75, 3.05) is 19.8 Å². The molecule has 1 fully saturated rings. The van der Waals surface area contributed by atoms with Crippen LogP contribution in [0.5, 0.6) is 0 Å². The molecular weight excluding hydrogens is 234 g/mol. The molecule has 1 N–H and O–H groups in total. The van der Waals surface area contributed by atoms with Gasteiger partial charge < -0.3 is 14.7 Å². The maximum atomic E-state index is 12.4. The number of amides is 1. The van der Waals surface area contributed by atoms with Gasteiger partial charge in [0.05, 0.1) is 19.3 Å². The van der Waals surface area contributed by atoms with Crippen LogP contribution in [0.4, 0.5) is 0 Å². The van der Waals surface area contributed by atoms with Crippen molar-refractivity contribution in [1.29, 1.82) is 0 Å². The number of carbonyl (C=O) groups excluding carboxylic acids is 1. The Bertz CT molecular complexity index is 301. The van der Waals surface area contributed by atoms with Crippen LogP contribution in [0.25, 0.3) is 0 Å². The van der Waals surface area contributed by atoms with Gasteiger partial charge in [-0.05, 0) is 19.8 Å². The van der Waals surface area contributed by atoms with Crippen LogP contribution in [0.15, 0.2) is 0 Å². The van der Waals surface area contributed by atoms with Crippen molar-refractivity contribution in [3.05, 3.63) is 0 Å². The van der Waals surface area contributed by atoms with Gasteiger partial charge in [-0.3, -0.25) is 9.59 Å². The topological polar surface area (TPSA) is 66.8 Å². The number of hydrogen-bond donors (Lipinski definition) is 1. The van der Waals surface area contributed by atoms with Gasteiger partial charge in [-0.2, -0.15) is 0 Å². The van der Waals surface area contributed by atoms with Gasteiger partial charge in [0.15, 0.2) is 0 Å².